The molecule has 19 heteroatoms. The minimum Gasteiger partial charge on any atom is -0.462 e. The summed E-state index contributed by atoms with van der Waals surface area (Å²) in [5.74, 6) is 0.751. The monoisotopic (exact) mass is 1250 g/mol. The van der Waals surface area contributed by atoms with Gasteiger partial charge in [-0.05, 0) is 49.4 Å². The summed E-state index contributed by atoms with van der Waals surface area (Å²) in [6.45, 7) is 14.0. The van der Waals surface area contributed by atoms with Crippen LogP contribution in [-0.4, -0.2) is 96.7 Å². The fourth-order valence-corrected chi connectivity index (χ4v) is 11.4. The number of esters is 4. The van der Waals surface area contributed by atoms with Gasteiger partial charge in [-0.1, -0.05) is 267 Å². The maximum absolute atomic E-state index is 13.0. The van der Waals surface area contributed by atoms with E-state index < -0.39 is 97.5 Å². The third-order valence-corrected chi connectivity index (χ3v) is 17.0. The molecule has 2 unspecified atom stereocenters. The first-order chi connectivity index (χ1) is 40.6. The first kappa shape index (κ1) is 83.1. The number of hydrogen-bond acceptors (Lipinski definition) is 15. The molecule has 504 valence electrons. The van der Waals surface area contributed by atoms with E-state index >= 15 is 0 Å². The normalized spacial score (nSPS) is 14.4. The number of hydrogen-bond donors (Lipinski definition) is 3. The van der Waals surface area contributed by atoms with Crippen molar-refractivity contribution in [3.63, 3.8) is 0 Å². The smallest absolute Gasteiger partial charge is 0.462 e. The lowest BCUT2D eigenvalue weighted by atomic mass is 10.0. The molecule has 0 aliphatic rings. The maximum atomic E-state index is 13.0. The molecule has 0 bridgehead atoms. The van der Waals surface area contributed by atoms with Gasteiger partial charge in [-0.3, -0.25) is 37.3 Å². The fourth-order valence-electron chi connectivity index (χ4n) is 9.78. The molecule has 0 fully saturated rings. The number of phosphoric acid groups is 2. The van der Waals surface area contributed by atoms with E-state index in [9.17, 15) is 43.2 Å². The van der Waals surface area contributed by atoms with E-state index in [1.807, 2.05) is 0 Å². The molecule has 0 spiro atoms. The van der Waals surface area contributed by atoms with Crippen LogP contribution in [0.25, 0.3) is 0 Å². The Morgan fingerprint density at radius 2 is 0.494 bits per heavy atom. The highest BCUT2D eigenvalue weighted by Crippen LogP contribution is 2.45. The average Bonchev–Trinajstić information content (AvgIpc) is 3.55. The van der Waals surface area contributed by atoms with Crippen LogP contribution in [0.5, 0.6) is 0 Å². The summed E-state index contributed by atoms with van der Waals surface area (Å²) >= 11 is 0. The van der Waals surface area contributed by atoms with Gasteiger partial charge in [0.1, 0.15) is 19.3 Å². The van der Waals surface area contributed by atoms with Crippen LogP contribution in [0, 0.1) is 23.7 Å². The predicted octanol–water partition coefficient (Wildman–Crippen LogP) is 18.1. The third kappa shape index (κ3) is 60.7. The molecular weight excluding hydrogens is 1130 g/mol. The average molecular weight is 1260 g/mol. The Labute approximate surface area is 517 Å². The van der Waals surface area contributed by atoms with Crippen LogP contribution < -0.4 is 0 Å². The van der Waals surface area contributed by atoms with Crippen molar-refractivity contribution in [1.29, 1.82) is 0 Å². The summed E-state index contributed by atoms with van der Waals surface area (Å²) in [4.78, 5) is 72.3. The molecule has 0 aliphatic heterocycles. The predicted molar refractivity (Wildman–Crippen MR) is 340 cm³/mol. The molecule has 85 heavy (non-hydrogen) atoms. The van der Waals surface area contributed by atoms with E-state index in [1.165, 1.54) is 116 Å². The second-order valence-corrected chi connectivity index (χ2v) is 28.7. The minimum absolute atomic E-state index is 0.103. The van der Waals surface area contributed by atoms with Crippen molar-refractivity contribution >= 4 is 39.5 Å². The van der Waals surface area contributed by atoms with Gasteiger partial charge in [0.2, 0.25) is 0 Å². The maximum Gasteiger partial charge on any atom is 0.472 e. The topological polar surface area (TPSA) is 237 Å². The van der Waals surface area contributed by atoms with E-state index in [0.29, 0.717) is 31.6 Å². The van der Waals surface area contributed by atoms with Crippen LogP contribution in [0.2, 0.25) is 0 Å². The number of aliphatic hydroxyl groups is 1. The molecule has 0 heterocycles. The second kappa shape index (κ2) is 56.1. The molecule has 0 aromatic carbocycles. The number of ether oxygens (including phenoxy) is 4. The van der Waals surface area contributed by atoms with Crippen molar-refractivity contribution < 1.29 is 80.2 Å². The van der Waals surface area contributed by atoms with Crippen molar-refractivity contribution in [3.05, 3.63) is 0 Å². The Bertz CT molecular complexity index is 1700. The van der Waals surface area contributed by atoms with E-state index in [-0.39, 0.29) is 25.7 Å². The van der Waals surface area contributed by atoms with Gasteiger partial charge in [0.25, 0.3) is 0 Å². The summed E-state index contributed by atoms with van der Waals surface area (Å²) in [6.07, 6.45) is 36.4. The van der Waals surface area contributed by atoms with Gasteiger partial charge in [0, 0.05) is 25.7 Å². The standard InChI is InChI=1S/C66H128O17P2/c1-56(2)42-34-26-18-12-10-9-11-13-22-32-40-48-65(70)82-62(53-77-64(69)47-39-31-25-24-29-37-45-59(7)8)55-81-85(74,75)79-51-60(67)50-78-84(72,73)80-54-61(83-66(71)49-41-33-23-17-15-20-28-36-44-58(5)6)52-76-63(68)46-38-30-21-16-14-19-27-35-43-57(3)4/h56-62,67H,9-55H2,1-8H3,(H,72,73)(H,74,75)/t60-,61-,62-/m1/s1. The number of aliphatic hydroxyl groups excluding tert-OH is 1. The van der Waals surface area contributed by atoms with E-state index in [4.69, 9.17) is 37.0 Å². The van der Waals surface area contributed by atoms with Crippen LogP contribution in [0.3, 0.4) is 0 Å². The first-order valence-electron chi connectivity index (χ1n) is 34.2. The van der Waals surface area contributed by atoms with Crippen molar-refractivity contribution in [2.24, 2.45) is 23.7 Å². The first-order valence-corrected chi connectivity index (χ1v) is 37.2. The zero-order chi connectivity index (χ0) is 63.2. The molecule has 0 aliphatic carbocycles. The highest BCUT2D eigenvalue weighted by atomic mass is 31.2. The van der Waals surface area contributed by atoms with Gasteiger partial charge < -0.3 is 33.8 Å². The number of carbonyl (C=O) groups excluding carboxylic acids is 4. The summed E-state index contributed by atoms with van der Waals surface area (Å²) in [6, 6.07) is 0. The number of phosphoric ester groups is 2. The van der Waals surface area contributed by atoms with Gasteiger partial charge in [-0.15, -0.1) is 0 Å². The largest absolute Gasteiger partial charge is 0.472 e. The van der Waals surface area contributed by atoms with Crippen LogP contribution in [0.15, 0.2) is 0 Å². The van der Waals surface area contributed by atoms with Crippen molar-refractivity contribution in [2.75, 3.05) is 39.6 Å². The molecule has 0 saturated carbocycles. The van der Waals surface area contributed by atoms with Gasteiger partial charge in [0.05, 0.1) is 26.4 Å². The molecule has 0 amide bonds. The lowest BCUT2D eigenvalue weighted by Gasteiger charge is -2.21. The van der Waals surface area contributed by atoms with Crippen molar-refractivity contribution in [3.8, 4) is 0 Å². The molecule has 0 rings (SSSR count). The Morgan fingerprint density at radius 1 is 0.294 bits per heavy atom. The molecular formula is C66H128O17P2. The van der Waals surface area contributed by atoms with E-state index in [2.05, 4.69) is 55.4 Å². The Balaban J connectivity index is 5.24. The van der Waals surface area contributed by atoms with Crippen LogP contribution in [0.4, 0.5) is 0 Å². The highest BCUT2D eigenvalue weighted by Gasteiger charge is 2.30. The van der Waals surface area contributed by atoms with Crippen molar-refractivity contribution in [1.82, 2.24) is 0 Å². The SMILES string of the molecule is CC(C)CCCCCCCCCCCCCC(=O)O[C@H](COC(=O)CCCCCCCCC(C)C)COP(=O)(O)OC[C@H](O)COP(=O)(O)OC[C@@H](COC(=O)CCCCCCCCCCC(C)C)OC(=O)CCCCCCCCCCC(C)C. The molecule has 3 N–H and O–H groups in total. The molecule has 0 aromatic rings. The number of unbranched alkanes of at least 4 members (excludes halogenated alkanes) is 29. The molecule has 0 saturated heterocycles. The van der Waals surface area contributed by atoms with E-state index in [1.54, 1.807) is 0 Å². The van der Waals surface area contributed by atoms with Gasteiger partial charge >= 0.3 is 39.5 Å². The lowest BCUT2D eigenvalue weighted by molar-refractivity contribution is -0.161. The molecule has 5 atom stereocenters. The zero-order valence-electron chi connectivity index (χ0n) is 55.2. The lowest BCUT2D eigenvalue weighted by Crippen LogP contribution is -2.30. The summed E-state index contributed by atoms with van der Waals surface area (Å²) < 4.78 is 68.1. The molecule has 0 aromatic heterocycles. The number of carbonyl (C=O) groups is 4. The Morgan fingerprint density at radius 3 is 0.729 bits per heavy atom. The fraction of sp³-hybridized carbons (Fsp3) is 0.939. The van der Waals surface area contributed by atoms with Crippen LogP contribution >= 0.6 is 15.6 Å². The highest BCUT2D eigenvalue weighted by molar-refractivity contribution is 7.47. The second-order valence-electron chi connectivity index (χ2n) is 25.8. The zero-order valence-corrected chi connectivity index (χ0v) is 57.0. The number of rotatable bonds is 63. The minimum atomic E-state index is -4.95. The Hall–Kier alpha value is -1.94. The summed E-state index contributed by atoms with van der Waals surface area (Å²) in [7, 11) is -9.89. The van der Waals surface area contributed by atoms with Crippen LogP contribution in [-0.2, 0) is 65.4 Å². The van der Waals surface area contributed by atoms with E-state index in [0.717, 1.165) is 114 Å². The third-order valence-electron chi connectivity index (χ3n) is 15.1. The molecule has 0 radical (unpaired) electrons. The Kier molecular flexibility index (Phi) is 54.8. The molecule has 17 nitrogen and oxygen atoms in total. The van der Waals surface area contributed by atoms with Crippen molar-refractivity contribution in [2.45, 2.75) is 337 Å². The van der Waals surface area contributed by atoms with Gasteiger partial charge in [0.15, 0.2) is 12.2 Å². The summed E-state index contributed by atoms with van der Waals surface area (Å²) in [5, 5.41) is 10.5. The quantitative estimate of drug-likeness (QED) is 0.0222. The van der Waals surface area contributed by atoms with Crippen LogP contribution in [0.1, 0.15) is 319 Å². The van der Waals surface area contributed by atoms with Gasteiger partial charge in [-0.25, -0.2) is 9.13 Å². The summed E-state index contributed by atoms with van der Waals surface area (Å²) in [5.41, 5.74) is 0. The van der Waals surface area contributed by atoms with Gasteiger partial charge in [-0.2, -0.15) is 0 Å².